The lowest BCUT2D eigenvalue weighted by Gasteiger charge is -2.14. The maximum atomic E-state index is 10.2. The monoisotopic (exact) mass is 260 g/mol. The van der Waals surface area contributed by atoms with Gasteiger partial charge in [0.1, 0.15) is 0 Å². The van der Waals surface area contributed by atoms with Crippen LogP contribution < -0.4 is 9.47 Å². The minimum Gasteiger partial charge on any atom is -0.490 e. The number of benzene rings is 1. The highest BCUT2D eigenvalue weighted by Crippen LogP contribution is 2.32. The molecular weight excluding hydrogens is 244 g/mol. The van der Waals surface area contributed by atoms with Crippen molar-refractivity contribution in [1.29, 1.82) is 0 Å². The Hall–Kier alpha value is -2.01. The number of aliphatic hydroxyl groups excluding tert-OH is 1. The van der Waals surface area contributed by atoms with Gasteiger partial charge in [-0.2, -0.15) is 0 Å². The van der Waals surface area contributed by atoms with Crippen LogP contribution in [-0.2, 0) is 6.54 Å². The summed E-state index contributed by atoms with van der Waals surface area (Å²) in [6, 6.07) is 5.57. The molecule has 1 aliphatic rings. The Morgan fingerprint density at radius 1 is 1.26 bits per heavy atom. The number of hydrogen-bond acceptors (Lipinski definition) is 4. The molecule has 1 aliphatic heterocycles. The average Bonchev–Trinajstić information content (AvgIpc) is 2.81. The molecular formula is C14H16N2O3. The van der Waals surface area contributed by atoms with Crippen LogP contribution >= 0.6 is 0 Å². The number of aromatic nitrogens is 2. The second-order valence-electron chi connectivity index (χ2n) is 4.53. The molecule has 1 aromatic carbocycles. The van der Waals surface area contributed by atoms with Crippen LogP contribution in [0.4, 0.5) is 0 Å². The van der Waals surface area contributed by atoms with Crippen molar-refractivity contribution < 1.29 is 14.6 Å². The van der Waals surface area contributed by atoms with Gasteiger partial charge in [-0.25, -0.2) is 4.98 Å². The molecule has 100 valence electrons. The summed E-state index contributed by atoms with van der Waals surface area (Å²) in [5.74, 6) is 1.45. The molecule has 0 saturated carbocycles. The summed E-state index contributed by atoms with van der Waals surface area (Å²) in [6.07, 6.45) is 5.49. The van der Waals surface area contributed by atoms with Crippen LogP contribution in [0.5, 0.6) is 11.5 Å². The van der Waals surface area contributed by atoms with Gasteiger partial charge in [0.2, 0.25) is 0 Å². The molecule has 2 aromatic rings. The van der Waals surface area contributed by atoms with Crippen molar-refractivity contribution in [2.45, 2.75) is 19.1 Å². The molecule has 1 unspecified atom stereocenters. The summed E-state index contributed by atoms with van der Waals surface area (Å²) < 4.78 is 13.0. The summed E-state index contributed by atoms with van der Waals surface area (Å²) in [7, 11) is 0. The Morgan fingerprint density at radius 2 is 2.11 bits per heavy atom. The first-order valence-corrected chi connectivity index (χ1v) is 6.36. The van der Waals surface area contributed by atoms with Crippen molar-refractivity contribution >= 4 is 0 Å². The third-order valence-corrected chi connectivity index (χ3v) is 3.10. The topological polar surface area (TPSA) is 56.5 Å². The van der Waals surface area contributed by atoms with Crippen LogP contribution in [-0.4, -0.2) is 27.9 Å². The van der Waals surface area contributed by atoms with E-state index in [1.165, 1.54) is 0 Å². The Morgan fingerprint density at radius 3 is 2.89 bits per heavy atom. The SMILES string of the molecule is OC(Cn1ccnc1)c1ccc2c(c1)OCCCO2. The number of hydrogen-bond donors (Lipinski definition) is 1. The van der Waals surface area contributed by atoms with E-state index in [4.69, 9.17) is 9.47 Å². The van der Waals surface area contributed by atoms with Crippen molar-refractivity contribution in [2.24, 2.45) is 0 Å². The summed E-state index contributed by atoms with van der Waals surface area (Å²) in [4.78, 5) is 3.96. The first kappa shape index (κ1) is 12.0. The lowest BCUT2D eigenvalue weighted by molar-refractivity contribution is 0.156. The van der Waals surface area contributed by atoms with Crippen LogP contribution in [0, 0.1) is 0 Å². The number of nitrogens with zero attached hydrogens (tertiary/aromatic N) is 2. The minimum atomic E-state index is -0.591. The Labute approximate surface area is 111 Å². The standard InChI is InChI=1S/C14H16N2O3/c17-12(9-16-5-4-15-10-16)11-2-3-13-14(8-11)19-7-1-6-18-13/h2-5,8,10,12,17H,1,6-7,9H2. The zero-order valence-electron chi connectivity index (χ0n) is 10.5. The first-order chi connectivity index (χ1) is 9.33. The van der Waals surface area contributed by atoms with Gasteiger partial charge < -0.3 is 19.1 Å². The van der Waals surface area contributed by atoms with Crippen molar-refractivity contribution in [3.63, 3.8) is 0 Å². The number of fused-ring (bicyclic) bond motifs is 1. The van der Waals surface area contributed by atoms with E-state index in [0.29, 0.717) is 25.5 Å². The fourth-order valence-electron chi connectivity index (χ4n) is 2.09. The van der Waals surface area contributed by atoms with Crippen molar-refractivity contribution in [2.75, 3.05) is 13.2 Å². The van der Waals surface area contributed by atoms with Gasteiger partial charge in [0.05, 0.1) is 32.2 Å². The van der Waals surface area contributed by atoms with Crippen molar-refractivity contribution in [3.05, 3.63) is 42.5 Å². The highest BCUT2D eigenvalue weighted by molar-refractivity contribution is 5.44. The number of imidazole rings is 1. The Kier molecular flexibility index (Phi) is 3.37. The van der Waals surface area contributed by atoms with Crippen molar-refractivity contribution in [1.82, 2.24) is 9.55 Å². The fourth-order valence-corrected chi connectivity index (χ4v) is 2.09. The van der Waals surface area contributed by atoms with E-state index in [1.807, 2.05) is 29.0 Å². The molecule has 0 radical (unpaired) electrons. The first-order valence-electron chi connectivity index (χ1n) is 6.36. The molecule has 5 heteroatoms. The zero-order valence-corrected chi connectivity index (χ0v) is 10.5. The van der Waals surface area contributed by atoms with Crippen LogP contribution in [0.3, 0.4) is 0 Å². The highest BCUT2D eigenvalue weighted by atomic mass is 16.5. The van der Waals surface area contributed by atoms with Gasteiger partial charge in [-0.3, -0.25) is 0 Å². The number of rotatable bonds is 3. The molecule has 0 aliphatic carbocycles. The van der Waals surface area contributed by atoms with Gasteiger partial charge >= 0.3 is 0 Å². The van der Waals surface area contributed by atoms with E-state index in [0.717, 1.165) is 17.7 Å². The molecule has 2 heterocycles. The van der Waals surface area contributed by atoms with E-state index >= 15 is 0 Å². The number of aliphatic hydroxyl groups is 1. The predicted octanol–water partition coefficient (Wildman–Crippen LogP) is 1.78. The van der Waals surface area contributed by atoms with Gasteiger partial charge in [-0.1, -0.05) is 6.07 Å². The largest absolute Gasteiger partial charge is 0.490 e. The second-order valence-corrected chi connectivity index (χ2v) is 4.53. The third-order valence-electron chi connectivity index (χ3n) is 3.10. The molecule has 1 atom stereocenters. The summed E-state index contributed by atoms with van der Waals surface area (Å²) >= 11 is 0. The maximum absolute atomic E-state index is 10.2. The van der Waals surface area contributed by atoms with E-state index in [1.54, 1.807) is 12.5 Å². The molecule has 0 saturated heterocycles. The normalized spacial score (nSPS) is 15.8. The molecule has 1 aromatic heterocycles. The van der Waals surface area contributed by atoms with Crippen LogP contribution in [0.2, 0.25) is 0 Å². The van der Waals surface area contributed by atoms with Crippen LogP contribution in [0.25, 0.3) is 0 Å². The third kappa shape index (κ3) is 2.71. The van der Waals surface area contributed by atoms with Crippen molar-refractivity contribution in [3.8, 4) is 11.5 Å². The van der Waals surface area contributed by atoms with E-state index in [2.05, 4.69) is 4.98 Å². The quantitative estimate of drug-likeness (QED) is 0.914. The molecule has 5 nitrogen and oxygen atoms in total. The van der Waals surface area contributed by atoms with Gasteiger partial charge in [-0.15, -0.1) is 0 Å². The Balaban J connectivity index is 1.79. The summed E-state index contributed by atoms with van der Waals surface area (Å²) in [6.45, 7) is 1.79. The van der Waals surface area contributed by atoms with Crippen LogP contribution in [0.15, 0.2) is 36.9 Å². The van der Waals surface area contributed by atoms with Gasteiger partial charge in [0.25, 0.3) is 0 Å². The molecule has 0 fully saturated rings. The maximum Gasteiger partial charge on any atom is 0.161 e. The molecule has 3 rings (SSSR count). The summed E-state index contributed by atoms with van der Waals surface area (Å²) in [5, 5.41) is 10.2. The number of ether oxygens (including phenoxy) is 2. The molecule has 1 N–H and O–H groups in total. The lowest BCUT2D eigenvalue weighted by Crippen LogP contribution is -2.07. The van der Waals surface area contributed by atoms with Gasteiger partial charge in [0.15, 0.2) is 11.5 Å². The highest BCUT2D eigenvalue weighted by Gasteiger charge is 2.14. The van der Waals surface area contributed by atoms with Gasteiger partial charge in [-0.05, 0) is 17.7 Å². The van der Waals surface area contributed by atoms with E-state index in [9.17, 15) is 5.11 Å². The average molecular weight is 260 g/mol. The van der Waals surface area contributed by atoms with Crippen LogP contribution in [0.1, 0.15) is 18.1 Å². The molecule has 0 spiro atoms. The van der Waals surface area contributed by atoms with Gasteiger partial charge in [0, 0.05) is 18.8 Å². The lowest BCUT2D eigenvalue weighted by atomic mass is 10.1. The molecule has 19 heavy (non-hydrogen) atoms. The molecule has 0 amide bonds. The minimum absolute atomic E-state index is 0.472. The smallest absolute Gasteiger partial charge is 0.161 e. The predicted molar refractivity (Wildman–Crippen MR) is 69.2 cm³/mol. The zero-order chi connectivity index (χ0) is 13.1. The van der Waals surface area contributed by atoms with E-state index in [-0.39, 0.29) is 0 Å². The summed E-state index contributed by atoms with van der Waals surface area (Å²) in [5.41, 5.74) is 0.818. The fraction of sp³-hybridized carbons (Fsp3) is 0.357. The molecule has 0 bridgehead atoms. The second kappa shape index (κ2) is 5.32. The van der Waals surface area contributed by atoms with E-state index < -0.39 is 6.10 Å². The Bertz CT molecular complexity index is 540.